The Bertz CT molecular complexity index is 978. The third-order valence-electron chi connectivity index (χ3n) is 4.73. The zero-order valence-electron chi connectivity index (χ0n) is 15.8. The Morgan fingerprint density at radius 1 is 1.07 bits per heavy atom. The molecule has 0 radical (unpaired) electrons. The van der Waals surface area contributed by atoms with Gasteiger partial charge in [-0.3, -0.25) is 4.18 Å². The van der Waals surface area contributed by atoms with E-state index in [0.29, 0.717) is 13.1 Å². The summed E-state index contributed by atoms with van der Waals surface area (Å²) in [5.74, 6) is -2.40. The summed E-state index contributed by atoms with van der Waals surface area (Å²) in [4.78, 5) is 14.3. The molecular weight excluding hydrogens is 404 g/mol. The van der Waals surface area contributed by atoms with Crippen LogP contribution in [0.15, 0.2) is 48.5 Å². The molecule has 6 nitrogen and oxygen atoms in total. The lowest BCUT2D eigenvalue weighted by molar-refractivity contribution is -0.0135. The standard InChI is InChI=1S/C20H21F2NO5S/c1-29(25,26)27-14-20(15-8-3-2-4-9-15,16-10-7-11-17(21)18(16)22)28-19(24)23-12-5-6-13-23/h2-4,7-11H,5-6,12-14H2,1H3/t20-/m1/s1. The van der Waals surface area contributed by atoms with Crippen molar-refractivity contribution in [3.63, 3.8) is 0 Å². The second-order valence-corrected chi connectivity index (χ2v) is 8.47. The molecule has 1 saturated heterocycles. The number of likely N-dealkylation sites (tertiary alicyclic amines) is 1. The Balaban J connectivity index is 2.17. The highest BCUT2D eigenvalue weighted by Gasteiger charge is 2.44. The molecule has 0 unspecified atom stereocenters. The molecule has 1 amide bonds. The van der Waals surface area contributed by atoms with Crippen molar-refractivity contribution < 1.29 is 30.9 Å². The van der Waals surface area contributed by atoms with Gasteiger partial charge in [-0.2, -0.15) is 8.42 Å². The van der Waals surface area contributed by atoms with E-state index in [0.717, 1.165) is 25.2 Å². The number of rotatable bonds is 6. The maximum atomic E-state index is 14.8. The fourth-order valence-electron chi connectivity index (χ4n) is 3.29. The van der Waals surface area contributed by atoms with Gasteiger partial charge in [-0.25, -0.2) is 13.6 Å². The first-order chi connectivity index (χ1) is 13.7. The third kappa shape index (κ3) is 4.73. The van der Waals surface area contributed by atoms with Crippen molar-refractivity contribution in [2.24, 2.45) is 0 Å². The lowest BCUT2D eigenvalue weighted by Crippen LogP contribution is -2.43. The van der Waals surface area contributed by atoms with Gasteiger partial charge in [0.1, 0.15) is 6.61 Å². The Hall–Kier alpha value is -2.52. The van der Waals surface area contributed by atoms with Crippen LogP contribution < -0.4 is 0 Å². The lowest BCUT2D eigenvalue weighted by atomic mass is 9.86. The zero-order chi connectivity index (χ0) is 21.1. The molecular formula is C20H21F2NO5S. The van der Waals surface area contributed by atoms with E-state index in [-0.39, 0.29) is 11.1 Å². The van der Waals surface area contributed by atoms with Crippen LogP contribution in [0, 0.1) is 11.6 Å². The largest absolute Gasteiger partial charge is 0.430 e. The first kappa shape index (κ1) is 21.2. The quantitative estimate of drug-likeness (QED) is 0.663. The van der Waals surface area contributed by atoms with Crippen LogP contribution >= 0.6 is 0 Å². The molecule has 3 rings (SSSR count). The summed E-state index contributed by atoms with van der Waals surface area (Å²) in [6.45, 7) is 0.181. The van der Waals surface area contributed by atoms with Crippen molar-refractivity contribution in [2.75, 3.05) is 26.0 Å². The molecule has 0 aliphatic carbocycles. The average molecular weight is 425 g/mol. The molecule has 2 aromatic rings. The number of carbonyl (C=O) groups is 1. The molecule has 0 bridgehead atoms. The molecule has 1 aliphatic rings. The molecule has 0 saturated carbocycles. The first-order valence-electron chi connectivity index (χ1n) is 9.05. The lowest BCUT2D eigenvalue weighted by Gasteiger charge is -2.35. The fraction of sp³-hybridized carbons (Fsp3) is 0.350. The van der Waals surface area contributed by atoms with Gasteiger partial charge in [-0.1, -0.05) is 42.5 Å². The van der Waals surface area contributed by atoms with Gasteiger partial charge in [0.25, 0.3) is 10.1 Å². The normalized spacial score (nSPS) is 16.4. The molecule has 1 aliphatic heterocycles. The van der Waals surface area contributed by atoms with Crippen LogP contribution in [0.3, 0.4) is 0 Å². The van der Waals surface area contributed by atoms with Crippen LogP contribution in [0.5, 0.6) is 0 Å². The van der Waals surface area contributed by atoms with Gasteiger partial charge in [0.05, 0.1) is 6.26 Å². The van der Waals surface area contributed by atoms with Crippen LogP contribution in [0.2, 0.25) is 0 Å². The summed E-state index contributed by atoms with van der Waals surface area (Å²) in [7, 11) is -3.97. The van der Waals surface area contributed by atoms with Crippen molar-refractivity contribution in [1.29, 1.82) is 0 Å². The van der Waals surface area contributed by atoms with Crippen molar-refractivity contribution in [2.45, 2.75) is 18.4 Å². The van der Waals surface area contributed by atoms with E-state index < -0.39 is 40.1 Å². The number of amides is 1. The molecule has 0 spiro atoms. The van der Waals surface area contributed by atoms with E-state index >= 15 is 0 Å². The highest BCUT2D eigenvalue weighted by molar-refractivity contribution is 7.85. The number of nitrogens with zero attached hydrogens (tertiary/aromatic N) is 1. The minimum Gasteiger partial charge on any atom is -0.430 e. The predicted molar refractivity (Wildman–Crippen MR) is 102 cm³/mol. The van der Waals surface area contributed by atoms with Gasteiger partial charge in [-0.15, -0.1) is 0 Å². The Morgan fingerprint density at radius 3 is 2.34 bits per heavy atom. The minimum absolute atomic E-state index is 0.251. The Labute approximate surface area is 168 Å². The molecule has 1 heterocycles. The number of hydrogen-bond donors (Lipinski definition) is 0. The van der Waals surface area contributed by atoms with E-state index in [1.54, 1.807) is 18.2 Å². The Kier molecular flexibility index (Phi) is 6.18. The van der Waals surface area contributed by atoms with Crippen molar-refractivity contribution in [3.8, 4) is 0 Å². The maximum absolute atomic E-state index is 14.8. The summed E-state index contributed by atoms with van der Waals surface area (Å²) in [6.07, 6.45) is 1.66. The van der Waals surface area contributed by atoms with E-state index in [4.69, 9.17) is 8.92 Å². The van der Waals surface area contributed by atoms with E-state index in [1.807, 2.05) is 0 Å². The second-order valence-electron chi connectivity index (χ2n) is 6.82. The Morgan fingerprint density at radius 2 is 1.72 bits per heavy atom. The van der Waals surface area contributed by atoms with Gasteiger partial charge in [0, 0.05) is 24.2 Å². The molecule has 1 fully saturated rings. The van der Waals surface area contributed by atoms with E-state index in [2.05, 4.69) is 0 Å². The summed E-state index contributed by atoms with van der Waals surface area (Å²) in [5, 5.41) is 0. The highest BCUT2D eigenvalue weighted by atomic mass is 32.2. The molecule has 156 valence electrons. The minimum atomic E-state index is -3.97. The topological polar surface area (TPSA) is 72.9 Å². The summed E-state index contributed by atoms with van der Waals surface area (Å²) in [5.41, 5.74) is -2.09. The van der Waals surface area contributed by atoms with Gasteiger partial charge < -0.3 is 9.64 Å². The summed E-state index contributed by atoms with van der Waals surface area (Å²) >= 11 is 0. The van der Waals surface area contributed by atoms with Crippen LogP contribution in [0.1, 0.15) is 24.0 Å². The fourth-order valence-corrected chi connectivity index (χ4v) is 3.67. The second kappa shape index (κ2) is 8.46. The third-order valence-corrected chi connectivity index (χ3v) is 5.27. The molecule has 1 atom stereocenters. The monoisotopic (exact) mass is 425 g/mol. The number of carbonyl (C=O) groups excluding carboxylic acids is 1. The molecule has 0 aromatic heterocycles. The average Bonchev–Trinajstić information content (AvgIpc) is 3.22. The highest BCUT2D eigenvalue weighted by Crippen LogP contribution is 2.37. The van der Waals surface area contributed by atoms with Gasteiger partial charge in [-0.05, 0) is 18.9 Å². The molecule has 29 heavy (non-hydrogen) atoms. The maximum Gasteiger partial charge on any atom is 0.411 e. The van der Waals surface area contributed by atoms with Gasteiger partial charge in [0.15, 0.2) is 17.2 Å². The first-order valence-corrected chi connectivity index (χ1v) is 10.9. The van der Waals surface area contributed by atoms with Crippen LogP contribution in [0.4, 0.5) is 13.6 Å². The van der Waals surface area contributed by atoms with Crippen molar-refractivity contribution >= 4 is 16.2 Å². The molecule has 2 aromatic carbocycles. The number of benzene rings is 2. The number of halogens is 2. The van der Waals surface area contributed by atoms with Crippen LogP contribution in [-0.4, -0.2) is 45.4 Å². The number of ether oxygens (including phenoxy) is 1. The van der Waals surface area contributed by atoms with Gasteiger partial charge in [0.2, 0.25) is 0 Å². The predicted octanol–water partition coefficient (Wildman–Crippen LogP) is 3.42. The van der Waals surface area contributed by atoms with Crippen molar-refractivity contribution in [1.82, 2.24) is 4.90 Å². The molecule has 9 heteroatoms. The SMILES string of the molecule is CS(=O)(=O)OC[C@@](OC(=O)N1CCCC1)(c1ccccc1)c1cccc(F)c1F. The van der Waals surface area contributed by atoms with E-state index in [9.17, 15) is 22.0 Å². The van der Waals surface area contributed by atoms with E-state index in [1.165, 1.54) is 29.2 Å². The zero-order valence-corrected chi connectivity index (χ0v) is 16.6. The van der Waals surface area contributed by atoms with Gasteiger partial charge >= 0.3 is 6.09 Å². The molecule has 0 N–H and O–H groups in total. The van der Waals surface area contributed by atoms with Crippen molar-refractivity contribution in [3.05, 3.63) is 71.3 Å². The van der Waals surface area contributed by atoms with Crippen LogP contribution in [-0.2, 0) is 24.6 Å². The van der Waals surface area contributed by atoms with Crippen LogP contribution in [0.25, 0.3) is 0 Å². The summed E-state index contributed by atoms with van der Waals surface area (Å²) in [6, 6.07) is 11.4. The summed E-state index contributed by atoms with van der Waals surface area (Å²) < 4.78 is 63.0. The number of hydrogen-bond acceptors (Lipinski definition) is 5. The smallest absolute Gasteiger partial charge is 0.411 e.